The molecule has 3 unspecified atom stereocenters. The second-order valence-electron chi connectivity index (χ2n) is 7.33. The van der Waals surface area contributed by atoms with Gasteiger partial charge in [-0.05, 0) is 36.8 Å². The van der Waals surface area contributed by atoms with Crippen molar-refractivity contribution in [2.45, 2.75) is 31.7 Å². The lowest BCUT2D eigenvalue weighted by Gasteiger charge is -2.56. The van der Waals surface area contributed by atoms with Crippen LogP contribution in [0.4, 0.5) is 0 Å². The first-order chi connectivity index (χ1) is 12.2. The fourth-order valence-electron chi connectivity index (χ4n) is 5.17. The summed E-state index contributed by atoms with van der Waals surface area (Å²) in [4.78, 5) is 16.8. The molecule has 5 heteroatoms. The van der Waals surface area contributed by atoms with Crippen LogP contribution in [0.25, 0.3) is 10.9 Å². The van der Waals surface area contributed by atoms with Crippen molar-refractivity contribution in [3.63, 3.8) is 0 Å². The number of aromatic amines is 1. The number of rotatable bonds is 2. The minimum Gasteiger partial charge on any atom is -0.467 e. The minimum absolute atomic E-state index is 0.157. The van der Waals surface area contributed by atoms with Gasteiger partial charge in [-0.15, -0.1) is 0 Å². The van der Waals surface area contributed by atoms with E-state index < -0.39 is 5.54 Å². The number of benzene rings is 1. The molecule has 25 heavy (non-hydrogen) atoms. The van der Waals surface area contributed by atoms with Crippen LogP contribution in [0.15, 0.2) is 36.0 Å². The van der Waals surface area contributed by atoms with Gasteiger partial charge in [0.25, 0.3) is 0 Å². The summed E-state index contributed by atoms with van der Waals surface area (Å²) < 4.78 is 5.37. The predicted molar refractivity (Wildman–Crippen MR) is 95.6 cm³/mol. The van der Waals surface area contributed by atoms with Gasteiger partial charge in [-0.3, -0.25) is 5.01 Å². The lowest BCUT2D eigenvalue weighted by molar-refractivity contribution is -0.188. The van der Waals surface area contributed by atoms with E-state index in [-0.39, 0.29) is 5.97 Å². The number of allylic oxidation sites excluding steroid dienone is 1. The molecule has 1 aromatic carbocycles. The molecule has 2 aromatic rings. The Morgan fingerprint density at radius 1 is 1.40 bits per heavy atom. The molecule has 0 aliphatic carbocycles. The number of methoxy groups -OCH3 is 1. The summed E-state index contributed by atoms with van der Waals surface area (Å²) in [6, 6.07) is 8.37. The number of hydrogen-bond acceptors (Lipinski definition) is 4. The first-order valence-electron chi connectivity index (χ1n) is 9.13. The molecule has 5 nitrogen and oxygen atoms in total. The number of nitrogens with one attached hydrogen (secondary N) is 1. The molecule has 5 heterocycles. The molecular weight excluding hydrogens is 314 g/mol. The monoisotopic (exact) mass is 337 g/mol. The number of aromatic nitrogens is 1. The van der Waals surface area contributed by atoms with E-state index in [1.54, 1.807) is 0 Å². The fraction of sp³-hybridized carbons (Fsp3) is 0.450. The van der Waals surface area contributed by atoms with E-state index in [2.05, 4.69) is 46.2 Å². The Kier molecular flexibility index (Phi) is 3.07. The summed E-state index contributed by atoms with van der Waals surface area (Å²) in [5.74, 6) is 0.229. The molecule has 0 radical (unpaired) electrons. The highest BCUT2D eigenvalue weighted by molar-refractivity contribution is 5.90. The Balaban J connectivity index is 1.83. The number of H-pyrrole nitrogens is 1. The number of ether oxygens (including phenoxy) is 1. The second-order valence-corrected chi connectivity index (χ2v) is 7.33. The van der Waals surface area contributed by atoms with E-state index in [0.717, 1.165) is 43.6 Å². The van der Waals surface area contributed by atoms with Crippen LogP contribution in [0.5, 0.6) is 0 Å². The SMILES string of the molecule is CCC1=CC2CN3CCc4c([nH]c5ccccc45)C(C(=O)OC)(C2)N13. The van der Waals surface area contributed by atoms with Crippen LogP contribution in [0.2, 0.25) is 0 Å². The summed E-state index contributed by atoms with van der Waals surface area (Å²) in [6.07, 6.45) is 4.99. The zero-order chi connectivity index (χ0) is 17.2. The van der Waals surface area contributed by atoms with Crippen molar-refractivity contribution in [1.29, 1.82) is 0 Å². The molecule has 1 saturated heterocycles. The highest BCUT2D eigenvalue weighted by Crippen LogP contribution is 2.51. The lowest BCUT2D eigenvalue weighted by atomic mass is 9.76. The number of carbonyl (C=O) groups is 1. The van der Waals surface area contributed by atoms with Crippen molar-refractivity contribution in [3.8, 4) is 0 Å². The largest absolute Gasteiger partial charge is 0.467 e. The molecule has 0 spiro atoms. The molecule has 0 amide bonds. The predicted octanol–water partition coefficient (Wildman–Crippen LogP) is 2.94. The average molecular weight is 337 g/mol. The maximum absolute atomic E-state index is 13.2. The molecule has 4 aliphatic rings. The lowest BCUT2D eigenvalue weighted by Crippen LogP contribution is -2.66. The standard InChI is InChI=1S/C20H23N3O2/c1-3-14-10-13-11-20(19(24)25-2)18-16(8-9-22(12-13)23(14)20)15-6-4-5-7-17(15)21-18/h4-7,10,13,21H,3,8-9,11-12H2,1-2H3. The Hall–Kier alpha value is -2.27. The van der Waals surface area contributed by atoms with Crippen LogP contribution in [0.3, 0.4) is 0 Å². The number of para-hydroxylation sites is 1. The number of fused-ring (bicyclic) bond motifs is 3. The van der Waals surface area contributed by atoms with Crippen molar-refractivity contribution in [1.82, 2.24) is 15.0 Å². The van der Waals surface area contributed by atoms with Crippen molar-refractivity contribution in [2.24, 2.45) is 5.92 Å². The van der Waals surface area contributed by atoms with Crippen LogP contribution in [0.1, 0.15) is 31.0 Å². The van der Waals surface area contributed by atoms with Gasteiger partial charge in [0.15, 0.2) is 5.54 Å². The number of nitrogens with zero attached hydrogens (tertiary/aromatic N) is 2. The molecule has 130 valence electrons. The second kappa shape index (κ2) is 5.11. The van der Waals surface area contributed by atoms with Gasteiger partial charge in [0.2, 0.25) is 0 Å². The molecule has 3 atom stereocenters. The van der Waals surface area contributed by atoms with Gasteiger partial charge >= 0.3 is 5.97 Å². The zero-order valence-electron chi connectivity index (χ0n) is 14.7. The molecular formula is C20H23N3O2. The number of hydrazine groups is 1. The summed E-state index contributed by atoms with van der Waals surface area (Å²) >= 11 is 0. The van der Waals surface area contributed by atoms with Gasteiger partial charge in [-0.25, -0.2) is 9.80 Å². The normalized spacial score (nSPS) is 30.0. The highest BCUT2D eigenvalue weighted by atomic mass is 16.5. The van der Waals surface area contributed by atoms with Crippen molar-refractivity contribution < 1.29 is 9.53 Å². The Morgan fingerprint density at radius 2 is 2.24 bits per heavy atom. The molecule has 1 fully saturated rings. The maximum Gasteiger partial charge on any atom is 0.339 e. The first kappa shape index (κ1) is 15.0. The van der Waals surface area contributed by atoms with Crippen LogP contribution >= 0.6 is 0 Å². The van der Waals surface area contributed by atoms with Gasteiger partial charge in [0.05, 0.1) is 12.8 Å². The number of carbonyl (C=O) groups excluding carboxylic acids is 1. The van der Waals surface area contributed by atoms with E-state index in [4.69, 9.17) is 4.74 Å². The van der Waals surface area contributed by atoms with Gasteiger partial charge < -0.3 is 9.72 Å². The highest BCUT2D eigenvalue weighted by Gasteiger charge is 2.59. The van der Waals surface area contributed by atoms with Gasteiger partial charge in [-0.2, -0.15) is 0 Å². The van der Waals surface area contributed by atoms with Crippen LogP contribution < -0.4 is 0 Å². The zero-order valence-corrected chi connectivity index (χ0v) is 14.7. The van der Waals surface area contributed by atoms with E-state index in [9.17, 15) is 4.79 Å². The minimum atomic E-state index is -0.761. The Labute approximate surface area is 147 Å². The van der Waals surface area contributed by atoms with E-state index in [0.29, 0.717) is 5.92 Å². The third kappa shape index (κ3) is 1.79. The molecule has 1 N–H and O–H groups in total. The number of hydrogen-bond donors (Lipinski definition) is 1. The first-order valence-corrected chi connectivity index (χ1v) is 9.13. The van der Waals surface area contributed by atoms with Crippen LogP contribution in [-0.4, -0.2) is 41.2 Å². The van der Waals surface area contributed by atoms with Crippen molar-refractivity contribution in [2.75, 3.05) is 20.2 Å². The summed E-state index contributed by atoms with van der Waals surface area (Å²) in [5.41, 5.74) is 3.88. The third-order valence-corrected chi connectivity index (χ3v) is 6.08. The smallest absolute Gasteiger partial charge is 0.339 e. The van der Waals surface area contributed by atoms with Gasteiger partial charge in [-0.1, -0.05) is 31.2 Å². The Morgan fingerprint density at radius 3 is 3.04 bits per heavy atom. The maximum atomic E-state index is 13.2. The molecule has 4 aliphatic heterocycles. The fourth-order valence-corrected chi connectivity index (χ4v) is 5.17. The summed E-state index contributed by atoms with van der Waals surface area (Å²) in [6.45, 7) is 4.09. The third-order valence-electron chi connectivity index (χ3n) is 6.08. The van der Waals surface area contributed by atoms with Crippen molar-refractivity contribution >= 4 is 16.9 Å². The quantitative estimate of drug-likeness (QED) is 0.856. The van der Waals surface area contributed by atoms with Gasteiger partial charge in [0, 0.05) is 29.7 Å². The topological polar surface area (TPSA) is 48.6 Å². The van der Waals surface area contributed by atoms with Crippen molar-refractivity contribution in [3.05, 3.63) is 47.3 Å². The summed E-state index contributed by atoms with van der Waals surface area (Å²) in [7, 11) is 1.51. The number of esters is 1. The average Bonchev–Trinajstić information content (AvgIpc) is 3.00. The van der Waals surface area contributed by atoms with E-state index in [1.165, 1.54) is 23.8 Å². The Bertz CT molecular complexity index is 899. The van der Waals surface area contributed by atoms with Gasteiger partial charge in [0.1, 0.15) is 0 Å². The van der Waals surface area contributed by atoms with E-state index >= 15 is 0 Å². The van der Waals surface area contributed by atoms with Crippen LogP contribution in [-0.2, 0) is 21.5 Å². The van der Waals surface area contributed by atoms with E-state index in [1.807, 2.05) is 6.07 Å². The molecule has 0 saturated carbocycles. The molecule has 1 aromatic heterocycles. The molecule has 4 bridgehead atoms. The molecule has 6 rings (SSSR count). The van der Waals surface area contributed by atoms with Crippen LogP contribution in [0, 0.1) is 5.92 Å². The summed E-state index contributed by atoms with van der Waals surface area (Å²) in [5, 5.41) is 5.85.